The van der Waals surface area contributed by atoms with Gasteiger partial charge >= 0.3 is 0 Å². The van der Waals surface area contributed by atoms with E-state index in [-0.39, 0.29) is 0 Å². The molecule has 2 unspecified atom stereocenters. The van der Waals surface area contributed by atoms with Crippen molar-refractivity contribution in [2.24, 2.45) is 17.8 Å². The summed E-state index contributed by atoms with van der Waals surface area (Å²) in [4.78, 5) is 11.3. The number of rotatable bonds is 3. The zero-order valence-electron chi connectivity index (χ0n) is 10.1. The van der Waals surface area contributed by atoms with Gasteiger partial charge in [0.15, 0.2) is 0 Å². The van der Waals surface area contributed by atoms with Gasteiger partial charge in [0.1, 0.15) is 7.85 Å². The van der Waals surface area contributed by atoms with Crippen molar-refractivity contribution in [1.82, 2.24) is 9.97 Å². The molecule has 1 saturated carbocycles. The molecule has 0 spiro atoms. The minimum atomic E-state index is 0.930. The average molecular weight is 215 g/mol. The molecule has 2 fully saturated rings. The van der Waals surface area contributed by atoms with Crippen molar-refractivity contribution in [2.75, 3.05) is 18.0 Å². The largest absolute Gasteiger partial charge is 0.340 e. The molecule has 4 heteroatoms. The van der Waals surface area contributed by atoms with Crippen LogP contribution in [0.5, 0.6) is 0 Å². The fraction of sp³-hybridized carbons (Fsp3) is 0.667. The maximum absolute atomic E-state index is 4.45. The Morgan fingerprint density at radius 3 is 2.44 bits per heavy atom. The molecule has 84 valence electrons. The Bertz CT molecular complexity index is 366. The Balaban J connectivity index is 1.67. The number of fused-ring (bicyclic) bond motifs is 1. The first-order valence-corrected chi connectivity index (χ1v) is 6.39. The van der Waals surface area contributed by atoms with Crippen LogP contribution in [0.25, 0.3) is 0 Å². The molecule has 1 aromatic rings. The number of aromatic nitrogens is 2. The van der Waals surface area contributed by atoms with Crippen molar-refractivity contribution in [2.45, 2.75) is 19.7 Å². The fourth-order valence-corrected chi connectivity index (χ4v) is 3.11. The second kappa shape index (κ2) is 3.76. The number of piperidine rings is 1. The van der Waals surface area contributed by atoms with Crippen LogP contribution in [0.1, 0.15) is 12.5 Å². The fourth-order valence-electron chi connectivity index (χ4n) is 3.11. The molecule has 3 atom stereocenters. The van der Waals surface area contributed by atoms with E-state index < -0.39 is 0 Å². The summed E-state index contributed by atoms with van der Waals surface area (Å²) in [5, 5.41) is 0. The standard InChI is InChI=1S/C12H18BN3/c1-2-8-4-14-12(15-5-8)16-6-10-9(3-13)11(10)7-16/h4-5,9-11H,2-3,6-7,13H2,1H3/t9?,10-,11?/m1/s1. The highest BCUT2D eigenvalue weighted by Crippen LogP contribution is 2.53. The van der Waals surface area contributed by atoms with Crippen LogP contribution in [0.3, 0.4) is 0 Å². The van der Waals surface area contributed by atoms with Gasteiger partial charge in [0.25, 0.3) is 0 Å². The lowest BCUT2D eigenvalue weighted by atomic mass is 9.97. The van der Waals surface area contributed by atoms with Crippen molar-refractivity contribution in [1.29, 1.82) is 0 Å². The number of nitrogens with zero attached hydrogens (tertiary/aromatic N) is 3. The monoisotopic (exact) mass is 215 g/mol. The number of hydrogen-bond donors (Lipinski definition) is 0. The Labute approximate surface area is 97.7 Å². The van der Waals surface area contributed by atoms with Crippen LogP contribution in [0.2, 0.25) is 6.32 Å². The van der Waals surface area contributed by atoms with Crippen LogP contribution in [0.15, 0.2) is 12.4 Å². The van der Waals surface area contributed by atoms with Crippen molar-refractivity contribution >= 4 is 13.8 Å². The summed E-state index contributed by atoms with van der Waals surface area (Å²) < 4.78 is 0. The van der Waals surface area contributed by atoms with E-state index in [0.29, 0.717) is 0 Å². The highest BCUT2D eigenvalue weighted by Gasteiger charge is 2.54. The lowest BCUT2D eigenvalue weighted by Gasteiger charge is -2.19. The summed E-state index contributed by atoms with van der Waals surface area (Å²) in [6.45, 7) is 4.48. The maximum atomic E-state index is 4.45. The summed E-state index contributed by atoms with van der Waals surface area (Å²) in [6.07, 6.45) is 6.29. The van der Waals surface area contributed by atoms with Gasteiger partial charge in [0, 0.05) is 25.5 Å². The zero-order valence-corrected chi connectivity index (χ0v) is 10.1. The third-order valence-electron chi connectivity index (χ3n) is 4.23. The Morgan fingerprint density at radius 2 is 1.94 bits per heavy atom. The van der Waals surface area contributed by atoms with Gasteiger partial charge in [-0.2, -0.15) is 0 Å². The van der Waals surface area contributed by atoms with Crippen molar-refractivity contribution < 1.29 is 0 Å². The summed E-state index contributed by atoms with van der Waals surface area (Å²) in [7, 11) is 2.31. The molecule has 1 aliphatic carbocycles. The maximum Gasteiger partial charge on any atom is 0.225 e. The first-order chi connectivity index (χ1) is 7.83. The van der Waals surface area contributed by atoms with E-state index in [4.69, 9.17) is 0 Å². The summed E-state index contributed by atoms with van der Waals surface area (Å²) in [5.74, 6) is 3.78. The summed E-state index contributed by atoms with van der Waals surface area (Å²) >= 11 is 0. The van der Waals surface area contributed by atoms with E-state index >= 15 is 0 Å². The van der Waals surface area contributed by atoms with E-state index in [1.54, 1.807) is 0 Å². The predicted octanol–water partition coefficient (Wildman–Crippen LogP) is 0.773. The van der Waals surface area contributed by atoms with E-state index in [9.17, 15) is 0 Å². The lowest BCUT2D eigenvalue weighted by molar-refractivity contribution is 0.676. The summed E-state index contributed by atoms with van der Waals surface area (Å²) in [5.41, 5.74) is 1.22. The second-order valence-corrected chi connectivity index (χ2v) is 5.05. The third kappa shape index (κ3) is 1.51. The van der Waals surface area contributed by atoms with E-state index in [2.05, 4.69) is 29.6 Å². The van der Waals surface area contributed by atoms with Gasteiger partial charge < -0.3 is 4.90 Å². The molecule has 2 heterocycles. The van der Waals surface area contributed by atoms with E-state index in [1.165, 1.54) is 25.0 Å². The van der Waals surface area contributed by atoms with Crippen LogP contribution in [0.4, 0.5) is 5.95 Å². The molecule has 0 bridgehead atoms. The quantitative estimate of drug-likeness (QED) is 0.697. The van der Waals surface area contributed by atoms with Gasteiger partial charge in [-0.3, -0.25) is 0 Å². The molecule has 1 aliphatic heterocycles. The van der Waals surface area contributed by atoms with Gasteiger partial charge in [-0.1, -0.05) is 13.2 Å². The van der Waals surface area contributed by atoms with Crippen LogP contribution >= 0.6 is 0 Å². The second-order valence-electron chi connectivity index (χ2n) is 5.05. The molecule has 0 amide bonds. The molecule has 2 aliphatic rings. The number of hydrogen-bond acceptors (Lipinski definition) is 3. The minimum absolute atomic E-state index is 0.930. The van der Waals surface area contributed by atoms with Gasteiger partial charge in [-0.05, 0) is 29.7 Å². The zero-order chi connectivity index (χ0) is 11.1. The molecule has 3 rings (SSSR count). The molecule has 3 nitrogen and oxygen atoms in total. The molecular formula is C12H18BN3. The van der Waals surface area contributed by atoms with Crippen molar-refractivity contribution in [3.05, 3.63) is 18.0 Å². The smallest absolute Gasteiger partial charge is 0.225 e. The minimum Gasteiger partial charge on any atom is -0.340 e. The van der Waals surface area contributed by atoms with Crippen LogP contribution < -0.4 is 4.90 Å². The SMILES string of the molecule is BCC1C2CN(c3ncc(CC)cn3)C[C@H]12. The van der Waals surface area contributed by atoms with Gasteiger partial charge in [-0.25, -0.2) is 9.97 Å². The molecular weight excluding hydrogens is 197 g/mol. The van der Waals surface area contributed by atoms with Crippen molar-refractivity contribution in [3.8, 4) is 0 Å². The molecule has 1 saturated heterocycles. The van der Waals surface area contributed by atoms with Gasteiger partial charge in [0.2, 0.25) is 5.95 Å². The normalized spacial score (nSPS) is 31.6. The highest BCUT2D eigenvalue weighted by atomic mass is 15.3. The van der Waals surface area contributed by atoms with Gasteiger partial charge in [-0.15, -0.1) is 0 Å². The van der Waals surface area contributed by atoms with Crippen LogP contribution in [0, 0.1) is 17.8 Å². The molecule has 1 aromatic heterocycles. The molecule has 0 radical (unpaired) electrons. The Morgan fingerprint density at radius 1 is 1.31 bits per heavy atom. The Kier molecular flexibility index (Phi) is 2.38. The van der Waals surface area contributed by atoms with Crippen LogP contribution in [-0.2, 0) is 6.42 Å². The molecule has 0 N–H and O–H groups in total. The lowest BCUT2D eigenvalue weighted by Crippen LogP contribution is -2.25. The highest BCUT2D eigenvalue weighted by molar-refractivity contribution is 6.08. The molecule has 0 aromatic carbocycles. The third-order valence-corrected chi connectivity index (χ3v) is 4.23. The first-order valence-electron chi connectivity index (χ1n) is 6.39. The number of aryl methyl sites for hydroxylation is 1. The topological polar surface area (TPSA) is 29.0 Å². The Hall–Kier alpha value is -1.06. The van der Waals surface area contributed by atoms with E-state index in [1.807, 2.05) is 12.4 Å². The number of anilines is 1. The van der Waals surface area contributed by atoms with Crippen molar-refractivity contribution in [3.63, 3.8) is 0 Å². The summed E-state index contributed by atoms with van der Waals surface area (Å²) in [6, 6.07) is 0. The average Bonchev–Trinajstić information content (AvgIpc) is 2.81. The molecule has 16 heavy (non-hydrogen) atoms. The van der Waals surface area contributed by atoms with Gasteiger partial charge in [0.05, 0.1) is 0 Å². The van der Waals surface area contributed by atoms with Crippen LogP contribution in [-0.4, -0.2) is 30.9 Å². The predicted molar refractivity (Wildman–Crippen MR) is 67.4 cm³/mol. The first kappa shape index (κ1) is 10.1. The van der Waals surface area contributed by atoms with E-state index in [0.717, 1.165) is 30.1 Å².